The topological polar surface area (TPSA) is 53.1 Å². The van der Waals surface area contributed by atoms with Gasteiger partial charge in [-0.15, -0.1) is 0 Å². The van der Waals surface area contributed by atoms with E-state index in [1.54, 1.807) is 6.20 Å². The first kappa shape index (κ1) is 13.6. The highest BCUT2D eigenvalue weighted by Crippen LogP contribution is 2.25. The molecule has 4 heteroatoms. The molecule has 2 rings (SSSR count). The number of benzene rings is 1. The molecule has 1 aromatic carbocycles. The first-order valence-electron chi connectivity index (χ1n) is 6.64. The van der Waals surface area contributed by atoms with Crippen LogP contribution in [-0.4, -0.2) is 15.8 Å². The highest BCUT2D eigenvalue weighted by Gasteiger charge is 2.06. The van der Waals surface area contributed by atoms with Crippen molar-refractivity contribution in [2.45, 2.75) is 39.8 Å². The standard InChI is InChI=1S/C15H21N3O/c1-4-18-10-14(9-17-18)19-15-6-5-13(7-11(15)2)8-12(3)16/h5-7,9-10,12H,4,8,16H2,1-3H3. The van der Waals surface area contributed by atoms with Crippen LogP contribution in [0.5, 0.6) is 11.5 Å². The maximum absolute atomic E-state index is 5.84. The van der Waals surface area contributed by atoms with Crippen molar-refractivity contribution in [3.63, 3.8) is 0 Å². The van der Waals surface area contributed by atoms with E-state index >= 15 is 0 Å². The number of rotatable bonds is 5. The quantitative estimate of drug-likeness (QED) is 0.898. The molecule has 0 bridgehead atoms. The molecule has 0 aliphatic carbocycles. The molecule has 1 heterocycles. The Morgan fingerprint density at radius 2 is 2.21 bits per heavy atom. The third-order valence-electron chi connectivity index (χ3n) is 2.96. The zero-order valence-corrected chi connectivity index (χ0v) is 11.8. The Bertz CT molecular complexity index is 546. The van der Waals surface area contributed by atoms with Crippen molar-refractivity contribution in [2.75, 3.05) is 0 Å². The van der Waals surface area contributed by atoms with E-state index in [-0.39, 0.29) is 6.04 Å². The fourth-order valence-corrected chi connectivity index (χ4v) is 2.02. The minimum absolute atomic E-state index is 0.175. The van der Waals surface area contributed by atoms with Crippen LogP contribution in [0.1, 0.15) is 25.0 Å². The Morgan fingerprint density at radius 1 is 1.42 bits per heavy atom. The van der Waals surface area contributed by atoms with Crippen molar-refractivity contribution in [1.82, 2.24) is 9.78 Å². The molecule has 0 aliphatic rings. The van der Waals surface area contributed by atoms with Gasteiger partial charge in [0.05, 0.1) is 12.4 Å². The molecule has 0 fully saturated rings. The fraction of sp³-hybridized carbons (Fsp3) is 0.400. The van der Waals surface area contributed by atoms with Crippen molar-refractivity contribution in [3.8, 4) is 11.5 Å². The van der Waals surface area contributed by atoms with Gasteiger partial charge in [-0.3, -0.25) is 4.68 Å². The lowest BCUT2D eigenvalue weighted by atomic mass is 10.0. The molecule has 1 aromatic heterocycles. The molecule has 1 unspecified atom stereocenters. The predicted molar refractivity (Wildman–Crippen MR) is 76.5 cm³/mol. The van der Waals surface area contributed by atoms with Crippen LogP contribution < -0.4 is 10.5 Å². The van der Waals surface area contributed by atoms with Gasteiger partial charge < -0.3 is 10.5 Å². The second-order valence-electron chi connectivity index (χ2n) is 4.92. The average Bonchev–Trinajstić information content (AvgIpc) is 2.80. The summed E-state index contributed by atoms with van der Waals surface area (Å²) in [6, 6.07) is 6.36. The summed E-state index contributed by atoms with van der Waals surface area (Å²) in [4.78, 5) is 0. The molecule has 0 radical (unpaired) electrons. The highest BCUT2D eigenvalue weighted by molar-refractivity contribution is 5.39. The summed E-state index contributed by atoms with van der Waals surface area (Å²) in [6.45, 7) is 6.95. The van der Waals surface area contributed by atoms with E-state index in [1.807, 2.05) is 37.7 Å². The molecule has 0 amide bonds. The van der Waals surface area contributed by atoms with Gasteiger partial charge in [-0.05, 0) is 44.4 Å². The van der Waals surface area contributed by atoms with E-state index in [0.717, 1.165) is 30.0 Å². The molecule has 0 aliphatic heterocycles. The fourth-order valence-electron chi connectivity index (χ4n) is 2.02. The van der Waals surface area contributed by atoms with Crippen LogP contribution in [0.4, 0.5) is 0 Å². The summed E-state index contributed by atoms with van der Waals surface area (Å²) in [5, 5.41) is 4.19. The predicted octanol–water partition coefficient (Wildman–Crippen LogP) is 2.89. The highest BCUT2D eigenvalue weighted by atomic mass is 16.5. The largest absolute Gasteiger partial charge is 0.454 e. The minimum atomic E-state index is 0.175. The number of nitrogens with two attached hydrogens (primary N) is 1. The van der Waals surface area contributed by atoms with Crippen LogP contribution in [0.15, 0.2) is 30.6 Å². The zero-order valence-electron chi connectivity index (χ0n) is 11.8. The summed E-state index contributed by atoms with van der Waals surface area (Å²) in [5.74, 6) is 1.63. The number of hydrogen-bond acceptors (Lipinski definition) is 3. The van der Waals surface area contributed by atoms with Gasteiger partial charge in [-0.2, -0.15) is 5.10 Å². The normalized spacial score (nSPS) is 12.4. The molecule has 0 saturated carbocycles. The number of ether oxygens (including phenoxy) is 1. The van der Waals surface area contributed by atoms with Crippen LogP contribution in [0, 0.1) is 6.92 Å². The third kappa shape index (κ3) is 3.58. The van der Waals surface area contributed by atoms with E-state index < -0.39 is 0 Å². The van der Waals surface area contributed by atoms with Gasteiger partial charge in [0.2, 0.25) is 0 Å². The van der Waals surface area contributed by atoms with Crippen molar-refractivity contribution < 1.29 is 4.74 Å². The molecular weight excluding hydrogens is 238 g/mol. The van der Waals surface area contributed by atoms with Gasteiger partial charge in [0, 0.05) is 12.6 Å². The first-order valence-corrected chi connectivity index (χ1v) is 6.64. The third-order valence-corrected chi connectivity index (χ3v) is 2.96. The van der Waals surface area contributed by atoms with Crippen LogP contribution in [0.25, 0.3) is 0 Å². The van der Waals surface area contributed by atoms with Gasteiger partial charge in [0.1, 0.15) is 5.75 Å². The van der Waals surface area contributed by atoms with E-state index in [2.05, 4.69) is 17.2 Å². The molecule has 102 valence electrons. The number of nitrogens with zero attached hydrogens (tertiary/aromatic N) is 2. The average molecular weight is 259 g/mol. The molecule has 2 N–H and O–H groups in total. The summed E-state index contributed by atoms with van der Waals surface area (Å²) < 4.78 is 7.68. The van der Waals surface area contributed by atoms with E-state index in [1.165, 1.54) is 5.56 Å². The Kier molecular flexibility index (Phi) is 4.22. The monoisotopic (exact) mass is 259 g/mol. The number of aromatic nitrogens is 2. The van der Waals surface area contributed by atoms with Crippen molar-refractivity contribution in [3.05, 3.63) is 41.7 Å². The number of hydrogen-bond donors (Lipinski definition) is 1. The Hall–Kier alpha value is -1.81. The molecule has 0 saturated heterocycles. The van der Waals surface area contributed by atoms with Crippen LogP contribution in [0.3, 0.4) is 0 Å². The molecule has 4 nitrogen and oxygen atoms in total. The summed E-state index contributed by atoms with van der Waals surface area (Å²) in [7, 11) is 0. The summed E-state index contributed by atoms with van der Waals surface area (Å²) in [6.07, 6.45) is 4.52. The Balaban J connectivity index is 2.12. The van der Waals surface area contributed by atoms with Crippen molar-refractivity contribution >= 4 is 0 Å². The summed E-state index contributed by atoms with van der Waals surface area (Å²) >= 11 is 0. The minimum Gasteiger partial charge on any atom is -0.454 e. The lowest BCUT2D eigenvalue weighted by Crippen LogP contribution is -2.17. The maximum atomic E-state index is 5.84. The smallest absolute Gasteiger partial charge is 0.165 e. The molecule has 19 heavy (non-hydrogen) atoms. The lowest BCUT2D eigenvalue weighted by molar-refractivity contribution is 0.477. The van der Waals surface area contributed by atoms with E-state index in [9.17, 15) is 0 Å². The van der Waals surface area contributed by atoms with Crippen LogP contribution in [-0.2, 0) is 13.0 Å². The van der Waals surface area contributed by atoms with Gasteiger partial charge in [-0.25, -0.2) is 0 Å². The SMILES string of the molecule is CCn1cc(Oc2ccc(CC(C)N)cc2C)cn1. The van der Waals surface area contributed by atoms with Gasteiger partial charge in [0.15, 0.2) is 5.75 Å². The Morgan fingerprint density at radius 3 is 2.79 bits per heavy atom. The number of aryl methyl sites for hydroxylation is 2. The molecule has 1 atom stereocenters. The van der Waals surface area contributed by atoms with Crippen molar-refractivity contribution in [1.29, 1.82) is 0 Å². The van der Waals surface area contributed by atoms with Crippen LogP contribution >= 0.6 is 0 Å². The van der Waals surface area contributed by atoms with Gasteiger partial charge in [0.25, 0.3) is 0 Å². The lowest BCUT2D eigenvalue weighted by Gasteiger charge is -2.10. The first-order chi connectivity index (χ1) is 9.08. The molecule has 2 aromatic rings. The van der Waals surface area contributed by atoms with Gasteiger partial charge in [-0.1, -0.05) is 12.1 Å². The molecule has 0 spiro atoms. The second-order valence-corrected chi connectivity index (χ2v) is 4.92. The second kappa shape index (κ2) is 5.89. The zero-order chi connectivity index (χ0) is 13.8. The van der Waals surface area contributed by atoms with Crippen molar-refractivity contribution in [2.24, 2.45) is 5.73 Å². The van der Waals surface area contributed by atoms with E-state index in [0.29, 0.717) is 0 Å². The Labute approximate surface area is 114 Å². The maximum Gasteiger partial charge on any atom is 0.165 e. The van der Waals surface area contributed by atoms with Crippen LogP contribution in [0.2, 0.25) is 0 Å². The summed E-state index contributed by atoms with van der Waals surface area (Å²) in [5.41, 5.74) is 8.17. The molecular formula is C15H21N3O. The van der Waals surface area contributed by atoms with Gasteiger partial charge >= 0.3 is 0 Å². The van der Waals surface area contributed by atoms with E-state index in [4.69, 9.17) is 10.5 Å².